The second-order valence-corrected chi connectivity index (χ2v) is 5.90. The van der Waals surface area contributed by atoms with Crippen molar-refractivity contribution in [3.05, 3.63) is 57.0 Å². The molecule has 0 N–H and O–H groups in total. The maximum atomic E-state index is 5.69. The minimum absolute atomic E-state index is 0.520. The van der Waals surface area contributed by atoms with E-state index < -0.39 is 0 Å². The Kier molecular flexibility index (Phi) is 5.28. The minimum atomic E-state index is 0.520. The first-order valence-corrected chi connectivity index (χ1v) is 7.51. The van der Waals surface area contributed by atoms with Crippen LogP contribution in [-0.4, -0.2) is 13.2 Å². The first-order chi connectivity index (χ1) is 9.15. The fraction of sp³-hybridized carbons (Fsp3) is 0.200. The summed E-state index contributed by atoms with van der Waals surface area (Å²) in [6.45, 7) is 3.07. The van der Waals surface area contributed by atoms with Gasteiger partial charge in [0.05, 0.1) is 0 Å². The lowest BCUT2D eigenvalue weighted by molar-refractivity contribution is 0.216. The highest BCUT2D eigenvalue weighted by atomic mass is 79.9. The monoisotopic (exact) mass is 384 g/mol. The zero-order valence-corrected chi connectivity index (χ0v) is 13.7. The van der Waals surface area contributed by atoms with Crippen LogP contribution in [0.3, 0.4) is 0 Å². The number of aryl methyl sites for hydroxylation is 1. The molecule has 0 unspecified atom stereocenters. The van der Waals surface area contributed by atoms with Gasteiger partial charge >= 0.3 is 0 Å². The van der Waals surface area contributed by atoms with Gasteiger partial charge in [-0.25, -0.2) is 0 Å². The van der Waals surface area contributed by atoms with Gasteiger partial charge in [-0.3, -0.25) is 0 Å². The van der Waals surface area contributed by atoms with E-state index in [1.165, 1.54) is 0 Å². The third-order valence-electron chi connectivity index (χ3n) is 2.54. The van der Waals surface area contributed by atoms with Crippen LogP contribution in [0.15, 0.2) is 51.4 Å². The summed E-state index contributed by atoms with van der Waals surface area (Å²) in [5, 5.41) is 0. The van der Waals surface area contributed by atoms with Gasteiger partial charge in [-0.05, 0) is 48.9 Å². The van der Waals surface area contributed by atoms with Crippen molar-refractivity contribution < 1.29 is 9.47 Å². The lowest BCUT2D eigenvalue weighted by atomic mass is 10.2. The summed E-state index contributed by atoms with van der Waals surface area (Å²) in [7, 11) is 0. The second kappa shape index (κ2) is 6.96. The summed E-state index contributed by atoms with van der Waals surface area (Å²) < 4.78 is 13.4. The molecule has 0 aliphatic carbocycles. The van der Waals surface area contributed by atoms with E-state index in [2.05, 4.69) is 31.9 Å². The minimum Gasteiger partial charge on any atom is -0.490 e. The van der Waals surface area contributed by atoms with Gasteiger partial charge in [-0.1, -0.05) is 37.9 Å². The summed E-state index contributed by atoms with van der Waals surface area (Å²) in [4.78, 5) is 0. The largest absolute Gasteiger partial charge is 0.490 e. The first kappa shape index (κ1) is 14.4. The van der Waals surface area contributed by atoms with Gasteiger partial charge in [0.2, 0.25) is 0 Å². The Balaban J connectivity index is 1.81. The molecule has 0 fully saturated rings. The van der Waals surface area contributed by atoms with Crippen molar-refractivity contribution in [1.29, 1.82) is 0 Å². The Labute approximate surface area is 130 Å². The zero-order chi connectivity index (χ0) is 13.7. The quantitative estimate of drug-likeness (QED) is 0.676. The average Bonchev–Trinajstić information content (AvgIpc) is 2.37. The van der Waals surface area contributed by atoms with E-state index in [-0.39, 0.29) is 0 Å². The molecule has 4 heteroatoms. The molecule has 0 aromatic heterocycles. The number of hydrogen-bond donors (Lipinski definition) is 0. The topological polar surface area (TPSA) is 18.5 Å². The average molecular weight is 386 g/mol. The Hall–Kier alpha value is -1.000. The van der Waals surface area contributed by atoms with Crippen molar-refractivity contribution in [1.82, 2.24) is 0 Å². The normalized spacial score (nSPS) is 10.3. The summed E-state index contributed by atoms with van der Waals surface area (Å²) in [6, 6.07) is 13.7. The summed E-state index contributed by atoms with van der Waals surface area (Å²) in [6.07, 6.45) is 0. The summed E-state index contributed by atoms with van der Waals surface area (Å²) in [5.74, 6) is 1.73. The Morgan fingerprint density at radius 1 is 0.895 bits per heavy atom. The van der Waals surface area contributed by atoms with Gasteiger partial charge in [0.25, 0.3) is 0 Å². The maximum absolute atomic E-state index is 5.69. The van der Waals surface area contributed by atoms with Crippen LogP contribution in [0.5, 0.6) is 11.5 Å². The zero-order valence-electron chi connectivity index (χ0n) is 10.5. The van der Waals surface area contributed by atoms with Crippen LogP contribution in [0.25, 0.3) is 0 Å². The van der Waals surface area contributed by atoms with E-state index >= 15 is 0 Å². The fourth-order valence-corrected chi connectivity index (χ4v) is 2.50. The molecule has 0 amide bonds. The van der Waals surface area contributed by atoms with Crippen molar-refractivity contribution in [3.8, 4) is 11.5 Å². The highest BCUT2D eigenvalue weighted by molar-refractivity contribution is 9.10. The van der Waals surface area contributed by atoms with Gasteiger partial charge in [0, 0.05) is 8.95 Å². The molecule has 2 rings (SSSR count). The number of rotatable bonds is 5. The van der Waals surface area contributed by atoms with E-state index in [9.17, 15) is 0 Å². The highest BCUT2D eigenvalue weighted by Gasteiger charge is 2.00. The lowest BCUT2D eigenvalue weighted by Crippen LogP contribution is -2.09. The number of benzene rings is 2. The van der Waals surface area contributed by atoms with E-state index in [0.29, 0.717) is 13.2 Å². The SMILES string of the molecule is Cc1cc(Br)ccc1OCCOc1cccc(Br)c1. The predicted molar refractivity (Wildman–Crippen MR) is 84.0 cm³/mol. The fourth-order valence-electron chi connectivity index (χ4n) is 1.64. The van der Waals surface area contributed by atoms with Crippen LogP contribution < -0.4 is 9.47 Å². The molecule has 0 bridgehead atoms. The molecule has 19 heavy (non-hydrogen) atoms. The van der Waals surface area contributed by atoms with Gasteiger partial charge < -0.3 is 9.47 Å². The predicted octanol–water partition coefficient (Wildman–Crippen LogP) is 4.98. The Morgan fingerprint density at radius 3 is 2.37 bits per heavy atom. The third kappa shape index (κ3) is 4.55. The lowest BCUT2D eigenvalue weighted by Gasteiger charge is -2.10. The van der Waals surface area contributed by atoms with E-state index in [1.807, 2.05) is 49.4 Å². The molecular weight excluding hydrogens is 372 g/mol. The van der Waals surface area contributed by atoms with Gasteiger partial charge in [-0.2, -0.15) is 0 Å². The molecule has 0 radical (unpaired) electrons. The smallest absolute Gasteiger partial charge is 0.122 e. The van der Waals surface area contributed by atoms with E-state index in [4.69, 9.17) is 9.47 Å². The molecule has 0 heterocycles. The van der Waals surface area contributed by atoms with E-state index in [0.717, 1.165) is 26.0 Å². The van der Waals surface area contributed by atoms with Crippen molar-refractivity contribution in [2.75, 3.05) is 13.2 Å². The summed E-state index contributed by atoms with van der Waals surface area (Å²) in [5.41, 5.74) is 1.11. The van der Waals surface area contributed by atoms with Crippen molar-refractivity contribution in [2.45, 2.75) is 6.92 Å². The van der Waals surface area contributed by atoms with Crippen LogP contribution in [0.1, 0.15) is 5.56 Å². The molecule has 0 saturated carbocycles. The molecule has 0 saturated heterocycles. The number of hydrogen-bond acceptors (Lipinski definition) is 2. The molecule has 2 aromatic rings. The van der Waals surface area contributed by atoms with E-state index in [1.54, 1.807) is 0 Å². The van der Waals surface area contributed by atoms with Gasteiger partial charge in [0.1, 0.15) is 24.7 Å². The maximum Gasteiger partial charge on any atom is 0.122 e. The molecule has 0 spiro atoms. The molecule has 0 aliphatic rings. The Bertz CT molecular complexity index is 556. The van der Waals surface area contributed by atoms with Crippen LogP contribution in [-0.2, 0) is 0 Å². The molecular formula is C15H14Br2O2. The Morgan fingerprint density at radius 2 is 1.63 bits per heavy atom. The highest BCUT2D eigenvalue weighted by Crippen LogP contribution is 2.22. The van der Waals surface area contributed by atoms with Crippen LogP contribution in [0.2, 0.25) is 0 Å². The number of ether oxygens (including phenoxy) is 2. The molecule has 100 valence electrons. The molecule has 2 aromatic carbocycles. The molecule has 2 nitrogen and oxygen atoms in total. The van der Waals surface area contributed by atoms with Crippen molar-refractivity contribution in [3.63, 3.8) is 0 Å². The van der Waals surface area contributed by atoms with Crippen molar-refractivity contribution in [2.24, 2.45) is 0 Å². The number of halogens is 2. The standard InChI is InChI=1S/C15H14Br2O2/c1-11-9-13(17)5-6-15(11)19-8-7-18-14-4-2-3-12(16)10-14/h2-6,9-10H,7-8H2,1H3. The van der Waals surface area contributed by atoms with Crippen LogP contribution in [0.4, 0.5) is 0 Å². The third-order valence-corrected chi connectivity index (χ3v) is 3.53. The molecule has 0 atom stereocenters. The van der Waals surface area contributed by atoms with Gasteiger partial charge in [-0.15, -0.1) is 0 Å². The second-order valence-electron chi connectivity index (χ2n) is 4.06. The van der Waals surface area contributed by atoms with Crippen LogP contribution >= 0.6 is 31.9 Å². The summed E-state index contributed by atoms with van der Waals surface area (Å²) >= 11 is 6.84. The van der Waals surface area contributed by atoms with Gasteiger partial charge in [0.15, 0.2) is 0 Å². The van der Waals surface area contributed by atoms with Crippen LogP contribution in [0, 0.1) is 6.92 Å². The molecule has 0 aliphatic heterocycles. The first-order valence-electron chi connectivity index (χ1n) is 5.92. The van der Waals surface area contributed by atoms with Crippen molar-refractivity contribution >= 4 is 31.9 Å².